The Morgan fingerprint density at radius 1 is 1.20 bits per heavy atom. The normalized spacial score (nSPS) is 24.4. The lowest BCUT2D eigenvalue weighted by atomic mass is 10.1. The highest BCUT2D eigenvalue weighted by Gasteiger charge is 2.44. The minimum atomic E-state index is -4.28. The quantitative estimate of drug-likeness (QED) is 0.250. The van der Waals surface area contributed by atoms with Crippen LogP contribution in [0.1, 0.15) is 12.6 Å². The van der Waals surface area contributed by atoms with Crippen molar-refractivity contribution in [3.05, 3.63) is 30.2 Å². The fourth-order valence-electron chi connectivity index (χ4n) is 3.14. The van der Waals surface area contributed by atoms with E-state index in [1.54, 1.807) is 0 Å². The molecule has 0 spiro atoms. The zero-order valence-electron chi connectivity index (χ0n) is 15.1. The van der Waals surface area contributed by atoms with E-state index in [4.69, 9.17) is 26.1 Å². The van der Waals surface area contributed by atoms with Gasteiger partial charge in [-0.1, -0.05) is 0 Å². The fourth-order valence-corrected chi connectivity index (χ4v) is 3.90. The lowest BCUT2D eigenvalue weighted by Gasteiger charge is -2.16. The summed E-state index contributed by atoms with van der Waals surface area (Å²) >= 11 is 6.04. The number of anilines is 2. The van der Waals surface area contributed by atoms with Crippen molar-refractivity contribution in [1.29, 1.82) is 0 Å². The van der Waals surface area contributed by atoms with Crippen molar-refractivity contribution in [3.8, 4) is 0 Å². The van der Waals surface area contributed by atoms with E-state index in [0.717, 1.165) is 0 Å². The number of nitrogens with one attached hydrogen (secondary N) is 1. The predicted octanol–water partition coefficient (Wildman–Crippen LogP) is 0.200. The maximum Gasteiger partial charge on any atom is 0.325 e. The summed E-state index contributed by atoms with van der Waals surface area (Å²) in [7, 11) is -4.28. The summed E-state index contributed by atoms with van der Waals surface area (Å²) in [6, 6.07) is 0. The number of aromatic nitrogens is 6. The maximum absolute atomic E-state index is 11.1. The van der Waals surface area contributed by atoms with Gasteiger partial charge in [-0.05, 0) is 18.0 Å². The summed E-state index contributed by atoms with van der Waals surface area (Å²) in [6.45, 7) is 0. The van der Waals surface area contributed by atoms with Crippen LogP contribution in [-0.2, 0) is 9.30 Å². The molecule has 1 unspecified atom stereocenters. The number of nitrogens with zero attached hydrogens (tertiary/aromatic N) is 6. The first-order chi connectivity index (χ1) is 14.2. The van der Waals surface area contributed by atoms with Crippen LogP contribution in [0.2, 0.25) is 5.28 Å². The summed E-state index contributed by atoms with van der Waals surface area (Å²) in [5.41, 5.74) is 0.516. The van der Waals surface area contributed by atoms with Gasteiger partial charge in [-0.15, -0.1) is 0 Å². The van der Waals surface area contributed by atoms with Crippen LogP contribution in [0.5, 0.6) is 0 Å². The number of ether oxygens (including phenoxy) is 1. The Hall–Kier alpha value is -2.25. The van der Waals surface area contributed by atoms with E-state index >= 15 is 0 Å². The Kier molecular flexibility index (Phi) is 5.68. The number of aliphatic hydroxyl groups is 2. The molecule has 3 aromatic heterocycles. The average Bonchev–Trinajstić information content (AvgIpc) is 3.22. The SMILES string of the molecule is O=P(O)(O)CC[C@H]1O[C@@H](n2cnc3c(Nc4cnccn4)nc(Cl)nc32)[C@@H](O)C1O. The molecule has 0 amide bonds. The van der Waals surface area contributed by atoms with Crippen LogP contribution in [-0.4, -0.2) is 74.0 Å². The van der Waals surface area contributed by atoms with Crippen molar-refractivity contribution in [2.75, 3.05) is 11.5 Å². The third-order valence-corrected chi connectivity index (χ3v) is 5.53. The van der Waals surface area contributed by atoms with Crippen LogP contribution >= 0.6 is 19.2 Å². The molecule has 1 aliphatic rings. The van der Waals surface area contributed by atoms with E-state index in [0.29, 0.717) is 11.3 Å². The van der Waals surface area contributed by atoms with E-state index in [2.05, 4.69) is 30.2 Å². The zero-order valence-corrected chi connectivity index (χ0v) is 16.8. The molecule has 4 atom stereocenters. The molecule has 160 valence electrons. The first-order valence-electron chi connectivity index (χ1n) is 8.72. The Morgan fingerprint density at radius 3 is 2.70 bits per heavy atom. The largest absolute Gasteiger partial charge is 0.388 e. The summed E-state index contributed by atoms with van der Waals surface area (Å²) in [5.74, 6) is 0.642. The van der Waals surface area contributed by atoms with Crippen LogP contribution < -0.4 is 5.32 Å². The Balaban J connectivity index is 1.64. The molecule has 4 rings (SSSR count). The Labute approximate surface area is 173 Å². The molecular weight excluding hydrogens is 441 g/mol. The average molecular weight is 458 g/mol. The lowest BCUT2D eigenvalue weighted by molar-refractivity contribution is -0.0355. The van der Waals surface area contributed by atoms with Crippen LogP contribution in [0, 0.1) is 0 Å². The molecule has 0 aromatic carbocycles. The van der Waals surface area contributed by atoms with E-state index < -0.39 is 38.3 Å². The first kappa shape index (κ1) is 21.0. The van der Waals surface area contributed by atoms with Gasteiger partial charge in [0.1, 0.15) is 18.0 Å². The molecular formula is C15H17ClN7O6P. The van der Waals surface area contributed by atoms with Gasteiger partial charge in [-0.25, -0.2) is 9.97 Å². The second-order valence-corrected chi connectivity index (χ2v) is 8.72. The zero-order chi connectivity index (χ0) is 21.5. The Bertz CT molecular complexity index is 1100. The van der Waals surface area contributed by atoms with Crippen molar-refractivity contribution in [2.45, 2.75) is 31.0 Å². The van der Waals surface area contributed by atoms with Crippen molar-refractivity contribution in [2.24, 2.45) is 0 Å². The molecule has 1 fully saturated rings. The highest BCUT2D eigenvalue weighted by molar-refractivity contribution is 7.51. The van der Waals surface area contributed by atoms with Gasteiger partial charge in [-0.3, -0.25) is 14.1 Å². The first-order valence-corrected chi connectivity index (χ1v) is 10.9. The summed E-state index contributed by atoms with van der Waals surface area (Å²) in [5, 5.41) is 23.5. The molecule has 30 heavy (non-hydrogen) atoms. The van der Waals surface area contributed by atoms with Crippen LogP contribution in [0.25, 0.3) is 11.2 Å². The van der Waals surface area contributed by atoms with Crippen molar-refractivity contribution >= 4 is 42.0 Å². The summed E-state index contributed by atoms with van der Waals surface area (Å²) < 4.78 is 18.2. The number of hydrogen-bond donors (Lipinski definition) is 5. The fraction of sp³-hybridized carbons (Fsp3) is 0.400. The van der Waals surface area contributed by atoms with Gasteiger partial charge >= 0.3 is 7.60 Å². The van der Waals surface area contributed by atoms with Crippen molar-refractivity contribution in [3.63, 3.8) is 0 Å². The van der Waals surface area contributed by atoms with Crippen LogP contribution in [0.4, 0.5) is 11.6 Å². The molecule has 15 heteroatoms. The molecule has 1 aliphatic heterocycles. The molecule has 1 saturated heterocycles. The third-order valence-electron chi connectivity index (χ3n) is 4.52. The minimum absolute atomic E-state index is 0.110. The number of aliphatic hydroxyl groups excluding tert-OH is 2. The van der Waals surface area contributed by atoms with Gasteiger partial charge in [0.2, 0.25) is 5.28 Å². The molecule has 3 aromatic rings. The second-order valence-electron chi connectivity index (χ2n) is 6.60. The number of fused-ring (bicyclic) bond motifs is 1. The number of rotatable bonds is 6. The molecule has 0 aliphatic carbocycles. The third kappa shape index (κ3) is 4.27. The van der Waals surface area contributed by atoms with E-state index in [1.165, 1.54) is 29.5 Å². The van der Waals surface area contributed by atoms with Gasteiger partial charge in [-0.2, -0.15) is 9.97 Å². The molecule has 0 radical (unpaired) electrons. The van der Waals surface area contributed by atoms with Gasteiger partial charge < -0.3 is 30.1 Å². The smallest absolute Gasteiger partial charge is 0.325 e. The minimum Gasteiger partial charge on any atom is -0.388 e. The van der Waals surface area contributed by atoms with Crippen molar-refractivity contribution < 1.29 is 29.3 Å². The van der Waals surface area contributed by atoms with Crippen LogP contribution in [0.15, 0.2) is 24.9 Å². The summed E-state index contributed by atoms with van der Waals surface area (Å²) in [4.78, 5) is 38.6. The topological polar surface area (TPSA) is 189 Å². The predicted molar refractivity (Wildman–Crippen MR) is 103 cm³/mol. The monoisotopic (exact) mass is 457 g/mol. The van der Waals surface area contributed by atoms with Crippen molar-refractivity contribution in [1.82, 2.24) is 29.5 Å². The number of imidazole rings is 1. The van der Waals surface area contributed by atoms with E-state index in [9.17, 15) is 14.8 Å². The molecule has 0 bridgehead atoms. The standard InChI is InChI=1S/C15H17ClN7O6P/c16-15-21-12(20-8-5-17-2-3-18-8)9-13(22-15)23(6-19-9)14-11(25)10(24)7(29-14)1-4-30(26,27)28/h2-3,5-7,10-11,14,24-25H,1,4H2,(H2,26,27,28)(H,18,20,21,22)/t7-,10?,11+,14-/m1/s1. The van der Waals surface area contributed by atoms with Gasteiger partial charge in [0, 0.05) is 12.4 Å². The Morgan fingerprint density at radius 2 is 2.00 bits per heavy atom. The molecule has 5 N–H and O–H groups in total. The molecule has 0 saturated carbocycles. The number of halogens is 1. The maximum atomic E-state index is 11.1. The van der Waals surface area contributed by atoms with Gasteiger partial charge in [0.15, 0.2) is 23.2 Å². The highest BCUT2D eigenvalue weighted by atomic mass is 35.5. The van der Waals surface area contributed by atoms with Gasteiger partial charge in [0.25, 0.3) is 0 Å². The van der Waals surface area contributed by atoms with E-state index in [1.807, 2.05) is 0 Å². The van der Waals surface area contributed by atoms with Crippen LogP contribution in [0.3, 0.4) is 0 Å². The summed E-state index contributed by atoms with van der Waals surface area (Å²) in [6.07, 6.45) is 0.376. The van der Waals surface area contributed by atoms with Gasteiger partial charge in [0.05, 0.1) is 24.8 Å². The lowest BCUT2D eigenvalue weighted by Crippen LogP contribution is -2.31. The number of hydrogen-bond acceptors (Lipinski definition) is 10. The molecule has 4 heterocycles. The highest BCUT2D eigenvalue weighted by Crippen LogP contribution is 2.39. The second kappa shape index (κ2) is 8.12. The van der Waals surface area contributed by atoms with E-state index in [-0.39, 0.29) is 23.2 Å². The molecule has 13 nitrogen and oxygen atoms in total.